The van der Waals surface area contributed by atoms with E-state index in [2.05, 4.69) is 5.32 Å². The zero-order valence-corrected chi connectivity index (χ0v) is 19.5. The summed E-state index contributed by atoms with van der Waals surface area (Å²) in [4.78, 5) is 27.4. The van der Waals surface area contributed by atoms with Crippen LogP contribution in [0.3, 0.4) is 0 Å². The van der Waals surface area contributed by atoms with Crippen LogP contribution in [0.1, 0.15) is 30.6 Å². The first-order valence-corrected chi connectivity index (χ1v) is 12.9. The molecule has 2 amide bonds. The monoisotopic (exact) mass is 481 g/mol. The number of nitrogens with one attached hydrogen (secondary N) is 1. The van der Waals surface area contributed by atoms with Crippen LogP contribution in [0.2, 0.25) is 5.02 Å². The summed E-state index contributed by atoms with van der Waals surface area (Å²) >= 11 is 7.61. The van der Waals surface area contributed by atoms with Crippen LogP contribution in [0, 0.1) is 12.8 Å². The van der Waals surface area contributed by atoms with E-state index in [1.807, 2.05) is 6.92 Å². The van der Waals surface area contributed by atoms with Crippen molar-refractivity contribution in [2.75, 3.05) is 29.9 Å². The molecule has 10 heteroatoms. The number of rotatable bonds is 5. The molecule has 0 radical (unpaired) electrons. The van der Waals surface area contributed by atoms with Gasteiger partial charge in [-0.25, -0.2) is 8.42 Å². The molecular weight excluding hydrogens is 458 g/mol. The van der Waals surface area contributed by atoms with Gasteiger partial charge in [0.15, 0.2) is 0 Å². The Kier molecular flexibility index (Phi) is 6.39. The highest BCUT2D eigenvalue weighted by atomic mass is 35.5. The van der Waals surface area contributed by atoms with Crippen LogP contribution in [0.4, 0.5) is 11.4 Å². The van der Waals surface area contributed by atoms with Crippen molar-refractivity contribution >= 4 is 56.2 Å². The number of piperidine rings is 1. The fraction of sp³-hybridized carbons (Fsp3) is 0.429. The third-order valence-electron chi connectivity index (χ3n) is 5.64. The summed E-state index contributed by atoms with van der Waals surface area (Å²) in [5, 5.41) is 3.25. The molecular formula is C21H24ClN3O4S2. The summed E-state index contributed by atoms with van der Waals surface area (Å²) in [6, 6.07) is 8.49. The molecule has 1 aromatic carbocycles. The third-order valence-corrected chi connectivity index (χ3v) is 9.28. The molecule has 0 spiro atoms. The number of anilines is 2. The Morgan fingerprint density at radius 3 is 2.65 bits per heavy atom. The molecule has 0 aliphatic carbocycles. The SMILES string of the molecule is Cc1ccc(S(=O)(=O)N2CCCC(C(=O)Nc3ccc(N4CCCC4=O)c(Cl)c3)C2)s1. The minimum absolute atomic E-state index is 0.0446. The lowest BCUT2D eigenvalue weighted by Crippen LogP contribution is -2.43. The van der Waals surface area contributed by atoms with Crippen molar-refractivity contribution in [2.24, 2.45) is 5.92 Å². The standard InChI is InChI=1S/C21H24ClN3O4S2/c1-14-6-9-20(30-14)31(28,29)24-10-2-4-15(13-24)21(27)23-16-7-8-18(17(22)12-16)25-11-3-5-19(25)26/h6-9,12,15H,2-5,10-11,13H2,1H3,(H,23,27). The summed E-state index contributed by atoms with van der Waals surface area (Å²) < 4.78 is 27.5. The Morgan fingerprint density at radius 2 is 2.00 bits per heavy atom. The van der Waals surface area contributed by atoms with Crippen molar-refractivity contribution in [1.29, 1.82) is 0 Å². The van der Waals surface area contributed by atoms with Gasteiger partial charge in [-0.2, -0.15) is 4.31 Å². The number of carbonyl (C=O) groups excluding carboxylic acids is 2. The molecule has 0 saturated carbocycles. The number of benzene rings is 1. The molecule has 31 heavy (non-hydrogen) atoms. The van der Waals surface area contributed by atoms with E-state index in [1.165, 1.54) is 15.6 Å². The molecule has 166 valence electrons. The van der Waals surface area contributed by atoms with Gasteiger partial charge in [-0.3, -0.25) is 9.59 Å². The lowest BCUT2D eigenvalue weighted by Gasteiger charge is -2.30. The molecule has 2 aliphatic rings. The smallest absolute Gasteiger partial charge is 0.252 e. The largest absolute Gasteiger partial charge is 0.326 e. The van der Waals surface area contributed by atoms with E-state index in [1.54, 1.807) is 35.2 Å². The molecule has 1 aromatic heterocycles. The van der Waals surface area contributed by atoms with Gasteiger partial charge >= 0.3 is 0 Å². The van der Waals surface area contributed by atoms with Gasteiger partial charge in [0.05, 0.1) is 16.6 Å². The highest BCUT2D eigenvalue weighted by molar-refractivity contribution is 7.91. The average Bonchev–Trinajstić information content (AvgIpc) is 3.37. The van der Waals surface area contributed by atoms with Gasteiger partial charge in [-0.15, -0.1) is 11.3 Å². The van der Waals surface area contributed by atoms with E-state index in [0.29, 0.717) is 53.0 Å². The van der Waals surface area contributed by atoms with Crippen molar-refractivity contribution in [3.8, 4) is 0 Å². The molecule has 2 saturated heterocycles. The second-order valence-corrected chi connectivity index (χ2v) is 11.7. The zero-order chi connectivity index (χ0) is 22.2. The van der Waals surface area contributed by atoms with E-state index < -0.39 is 15.9 Å². The fourth-order valence-corrected chi connectivity index (χ4v) is 7.25. The lowest BCUT2D eigenvalue weighted by atomic mass is 9.98. The summed E-state index contributed by atoms with van der Waals surface area (Å²) in [6.07, 6.45) is 2.56. The van der Waals surface area contributed by atoms with Gasteiger partial charge in [-0.05, 0) is 56.5 Å². The van der Waals surface area contributed by atoms with Crippen LogP contribution < -0.4 is 10.2 Å². The molecule has 4 rings (SSSR count). The minimum atomic E-state index is -3.59. The number of hydrogen-bond acceptors (Lipinski definition) is 5. The third kappa shape index (κ3) is 4.64. The summed E-state index contributed by atoms with van der Waals surface area (Å²) in [7, 11) is -3.59. The summed E-state index contributed by atoms with van der Waals surface area (Å²) in [5.74, 6) is -0.630. The highest BCUT2D eigenvalue weighted by Crippen LogP contribution is 2.33. The number of nitrogens with zero attached hydrogens (tertiary/aromatic N) is 2. The molecule has 3 heterocycles. The van der Waals surface area contributed by atoms with Gasteiger partial charge in [0.25, 0.3) is 10.0 Å². The van der Waals surface area contributed by atoms with E-state index in [4.69, 9.17) is 11.6 Å². The Morgan fingerprint density at radius 1 is 1.19 bits per heavy atom. The Balaban J connectivity index is 1.44. The van der Waals surface area contributed by atoms with Gasteiger partial charge in [0, 0.05) is 36.6 Å². The van der Waals surface area contributed by atoms with Crippen molar-refractivity contribution in [3.63, 3.8) is 0 Å². The molecule has 1 unspecified atom stereocenters. The fourth-order valence-electron chi connectivity index (χ4n) is 4.00. The lowest BCUT2D eigenvalue weighted by molar-refractivity contribution is -0.121. The molecule has 2 aromatic rings. The normalized spacial score (nSPS) is 20.3. The van der Waals surface area contributed by atoms with Crippen LogP contribution in [0.25, 0.3) is 0 Å². The van der Waals surface area contributed by atoms with Crippen molar-refractivity contribution in [3.05, 3.63) is 40.2 Å². The van der Waals surface area contributed by atoms with Crippen molar-refractivity contribution in [2.45, 2.75) is 36.8 Å². The molecule has 1 N–H and O–H groups in total. The first kappa shape index (κ1) is 22.3. The predicted molar refractivity (Wildman–Crippen MR) is 122 cm³/mol. The van der Waals surface area contributed by atoms with Gasteiger partial charge in [0.2, 0.25) is 11.8 Å². The summed E-state index contributed by atoms with van der Waals surface area (Å²) in [5.41, 5.74) is 1.17. The second kappa shape index (κ2) is 8.90. The first-order chi connectivity index (χ1) is 14.8. The maximum atomic E-state index is 12.9. The number of aryl methyl sites for hydroxylation is 1. The number of sulfonamides is 1. The van der Waals surface area contributed by atoms with E-state index in [9.17, 15) is 18.0 Å². The van der Waals surface area contributed by atoms with Gasteiger partial charge in [0.1, 0.15) is 4.21 Å². The molecule has 2 aliphatic heterocycles. The van der Waals surface area contributed by atoms with Crippen molar-refractivity contribution in [1.82, 2.24) is 4.31 Å². The summed E-state index contributed by atoms with van der Waals surface area (Å²) in [6.45, 7) is 3.07. The second-order valence-electron chi connectivity index (χ2n) is 7.87. The van der Waals surface area contributed by atoms with Crippen LogP contribution in [0.15, 0.2) is 34.5 Å². The number of amides is 2. The number of hydrogen-bond donors (Lipinski definition) is 1. The Bertz CT molecular complexity index is 1120. The van der Waals surface area contributed by atoms with Gasteiger partial charge in [-0.1, -0.05) is 11.6 Å². The molecule has 1 atom stereocenters. The number of carbonyl (C=O) groups is 2. The highest BCUT2D eigenvalue weighted by Gasteiger charge is 2.34. The Labute approximate surface area is 191 Å². The first-order valence-electron chi connectivity index (χ1n) is 10.2. The van der Waals surface area contributed by atoms with Crippen molar-refractivity contribution < 1.29 is 18.0 Å². The molecule has 7 nitrogen and oxygen atoms in total. The zero-order valence-electron chi connectivity index (χ0n) is 17.1. The quantitative estimate of drug-likeness (QED) is 0.702. The van der Waals surface area contributed by atoms with Gasteiger partial charge < -0.3 is 10.2 Å². The predicted octanol–water partition coefficient (Wildman–Crippen LogP) is 3.88. The van der Waals surface area contributed by atoms with Crippen LogP contribution >= 0.6 is 22.9 Å². The number of halogens is 1. The van der Waals surface area contributed by atoms with E-state index >= 15 is 0 Å². The van der Waals surface area contributed by atoms with E-state index in [-0.39, 0.29) is 18.4 Å². The Hall–Kier alpha value is -1.94. The molecule has 2 fully saturated rings. The maximum Gasteiger partial charge on any atom is 0.252 e. The van der Waals surface area contributed by atoms with Crippen LogP contribution in [-0.2, 0) is 19.6 Å². The van der Waals surface area contributed by atoms with E-state index in [0.717, 1.165) is 11.3 Å². The molecule has 0 bridgehead atoms. The minimum Gasteiger partial charge on any atom is -0.326 e. The topological polar surface area (TPSA) is 86.8 Å². The van der Waals surface area contributed by atoms with Crippen LogP contribution in [-0.4, -0.2) is 44.2 Å². The van der Waals surface area contributed by atoms with Crippen LogP contribution in [0.5, 0.6) is 0 Å². The maximum absolute atomic E-state index is 12.9. The average molecular weight is 482 g/mol. The number of thiophene rings is 1.